The van der Waals surface area contributed by atoms with E-state index in [1.54, 1.807) is 0 Å². The van der Waals surface area contributed by atoms with Crippen molar-refractivity contribution in [2.24, 2.45) is 0 Å². The molecule has 1 atom stereocenters. The van der Waals surface area contributed by atoms with Gasteiger partial charge in [-0.15, -0.1) is 0 Å². The number of rotatable bonds is 3. The summed E-state index contributed by atoms with van der Waals surface area (Å²) in [6.45, 7) is 5.44. The summed E-state index contributed by atoms with van der Waals surface area (Å²) < 4.78 is 5.25. The maximum atomic E-state index is 5.25. The molecule has 1 fully saturated rings. The standard InChI is InChI=1S/C12H16O/c1-9(2)12-6-4-3-5-10(12)7-11-8-13-11/h3-6,9,11H,7-8H2,1-2H3. The Morgan fingerprint density at radius 3 is 2.69 bits per heavy atom. The van der Waals surface area contributed by atoms with Crippen LogP contribution in [0.25, 0.3) is 0 Å². The zero-order valence-electron chi connectivity index (χ0n) is 8.29. The number of epoxide rings is 1. The molecule has 0 N–H and O–H groups in total. The third-order valence-corrected chi connectivity index (χ3v) is 2.53. The Labute approximate surface area is 79.7 Å². The maximum absolute atomic E-state index is 5.25. The van der Waals surface area contributed by atoms with Crippen molar-refractivity contribution >= 4 is 0 Å². The summed E-state index contributed by atoms with van der Waals surface area (Å²) in [6.07, 6.45) is 1.59. The van der Waals surface area contributed by atoms with Crippen LogP contribution in [0.15, 0.2) is 24.3 Å². The minimum atomic E-state index is 0.500. The van der Waals surface area contributed by atoms with Crippen LogP contribution < -0.4 is 0 Å². The van der Waals surface area contributed by atoms with E-state index in [4.69, 9.17) is 4.74 Å². The van der Waals surface area contributed by atoms with Crippen LogP contribution in [-0.4, -0.2) is 12.7 Å². The van der Waals surface area contributed by atoms with Crippen molar-refractivity contribution in [1.29, 1.82) is 0 Å². The smallest absolute Gasteiger partial charge is 0.0850 e. The quantitative estimate of drug-likeness (QED) is 0.645. The van der Waals surface area contributed by atoms with Crippen LogP contribution in [0.1, 0.15) is 30.9 Å². The molecule has 0 amide bonds. The van der Waals surface area contributed by atoms with Crippen molar-refractivity contribution in [3.8, 4) is 0 Å². The van der Waals surface area contributed by atoms with Crippen molar-refractivity contribution in [3.05, 3.63) is 35.4 Å². The molecule has 1 aromatic rings. The van der Waals surface area contributed by atoms with Crippen LogP contribution in [0.5, 0.6) is 0 Å². The molecule has 0 bridgehead atoms. The lowest BCUT2D eigenvalue weighted by molar-refractivity contribution is 0.407. The molecule has 0 saturated carbocycles. The number of ether oxygens (including phenoxy) is 1. The SMILES string of the molecule is CC(C)c1ccccc1CC1CO1. The highest BCUT2D eigenvalue weighted by Gasteiger charge is 2.23. The van der Waals surface area contributed by atoms with Gasteiger partial charge in [0.2, 0.25) is 0 Å². The molecule has 0 aliphatic carbocycles. The van der Waals surface area contributed by atoms with Crippen LogP contribution in [0.4, 0.5) is 0 Å². The van der Waals surface area contributed by atoms with Crippen molar-refractivity contribution in [2.75, 3.05) is 6.61 Å². The summed E-state index contributed by atoms with van der Waals surface area (Å²) in [5.74, 6) is 0.620. The Morgan fingerprint density at radius 2 is 2.08 bits per heavy atom. The highest BCUT2D eigenvalue weighted by Crippen LogP contribution is 2.23. The van der Waals surface area contributed by atoms with Gasteiger partial charge in [0.25, 0.3) is 0 Å². The van der Waals surface area contributed by atoms with Gasteiger partial charge in [-0.3, -0.25) is 0 Å². The Balaban J connectivity index is 2.20. The van der Waals surface area contributed by atoms with Crippen LogP contribution in [-0.2, 0) is 11.2 Å². The molecular weight excluding hydrogens is 160 g/mol. The molecule has 0 radical (unpaired) electrons. The number of benzene rings is 1. The van der Waals surface area contributed by atoms with E-state index >= 15 is 0 Å². The van der Waals surface area contributed by atoms with Gasteiger partial charge in [0.15, 0.2) is 0 Å². The Kier molecular flexibility index (Phi) is 2.36. The molecular formula is C12H16O. The third kappa shape index (κ3) is 2.10. The second-order valence-corrected chi connectivity index (χ2v) is 4.01. The predicted molar refractivity (Wildman–Crippen MR) is 54.0 cm³/mol. The molecule has 1 heteroatoms. The fraction of sp³-hybridized carbons (Fsp3) is 0.500. The molecule has 2 rings (SSSR count). The van der Waals surface area contributed by atoms with Gasteiger partial charge in [-0.25, -0.2) is 0 Å². The van der Waals surface area contributed by atoms with E-state index in [0.717, 1.165) is 13.0 Å². The minimum absolute atomic E-state index is 0.500. The highest BCUT2D eigenvalue weighted by atomic mass is 16.6. The summed E-state index contributed by atoms with van der Waals surface area (Å²) >= 11 is 0. The first-order valence-electron chi connectivity index (χ1n) is 4.97. The molecule has 70 valence electrons. The molecule has 1 aliphatic heterocycles. The van der Waals surface area contributed by atoms with Gasteiger partial charge in [-0.05, 0) is 17.0 Å². The molecule has 1 aliphatic rings. The average molecular weight is 176 g/mol. The second kappa shape index (κ2) is 3.51. The molecule has 0 spiro atoms. The molecule has 1 nitrogen and oxygen atoms in total. The van der Waals surface area contributed by atoms with Gasteiger partial charge in [0.05, 0.1) is 12.7 Å². The van der Waals surface area contributed by atoms with Crippen molar-refractivity contribution in [1.82, 2.24) is 0 Å². The topological polar surface area (TPSA) is 12.5 Å². The van der Waals surface area contributed by atoms with Crippen LogP contribution in [0.3, 0.4) is 0 Å². The lowest BCUT2D eigenvalue weighted by Crippen LogP contribution is -1.99. The van der Waals surface area contributed by atoms with E-state index < -0.39 is 0 Å². The largest absolute Gasteiger partial charge is 0.373 e. The highest BCUT2D eigenvalue weighted by molar-refractivity contribution is 5.30. The van der Waals surface area contributed by atoms with Crippen LogP contribution in [0, 0.1) is 0 Å². The Hall–Kier alpha value is -0.820. The van der Waals surface area contributed by atoms with E-state index in [9.17, 15) is 0 Å². The predicted octanol–water partition coefficient (Wildman–Crippen LogP) is 2.75. The normalized spacial score (nSPS) is 20.7. The first kappa shape index (κ1) is 8.76. The van der Waals surface area contributed by atoms with Gasteiger partial charge in [-0.1, -0.05) is 38.1 Å². The summed E-state index contributed by atoms with van der Waals surface area (Å²) in [5, 5.41) is 0. The van der Waals surface area contributed by atoms with Gasteiger partial charge < -0.3 is 4.74 Å². The second-order valence-electron chi connectivity index (χ2n) is 4.01. The van der Waals surface area contributed by atoms with E-state index in [-0.39, 0.29) is 0 Å². The van der Waals surface area contributed by atoms with E-state index in [1.165, 1.54) is 11.1 Å². The van der Waals surface area contributed by atoms with Crippen molar-refractivity contribution in [2.45, 2.75) is 32.3 Å². The van der Waals surface area contributed by atoms with Gasteiger partial charge in [0, 0.05) is 6.42 Å². The molecule has 1 heterocycles. The molecule has 1 unspecified atom stereocenters. The first-order valence-corrected chi connectivity index (χ1v) is 4.97. The summed E-state index contributed by atoms with van der Waals surface area (Å²) in [4.78, 5) is 0. The summed E-state index contributed by atoms with van der Waals surface area (Å²) in [5.41, 5.74) is 2.93. The summed E-state index contributed by atoms with van der Waals surface area (Å²) in [7, 11) is 0. The lowest BCUT2D eigenvalue weighted by Gasteiger charge is -2.10. The molecule has 1 saturated heterocycles. The van der Waals surface area contributed by atoms with Gasteiger partial charge >= 0.3 is 0 Å². The zero-order chi connectivity index (χ0) is 9.26. The number of hydrogen-bond acceptors (Lipinski definition) is 1. The van der Waals surface area contributed by atoms with Crippen LogP contribution >= 0.6 is 0 Å². The van der Waals surface area contributed by atoms with Gasteiger partial charge in [0.1, 0.15) is 0 Å². The lowest BCUT2D eigenvalue weighted by atomic mass is 9.95. The fourth-order valence-corrected chi connectivity index (χ4v) is 1.71. The van der Waals surface area contributed by atoms with Crippen molar-refractivity contribution in [3.63, 3.8) is 0 Å². The summed E-state index contributed by atoms with van der Waals surface area (Å²) in [6, 6.07) is 8.68. The van der Waals surface area contributed by atoms with Gasteiger partial charge in [-0.2, -0.15) is 0 Å². The van der Waals surface area contributed by atoms with E-state index in [1.807, 2.05) is 0 Å². The zero-order valence-corrected chi connectivity index (χ0v) is 8.29. The average Bonchev–Trinajstić information content (AvgIpc) is 2.89. The molecule has 1 aromatic carbocycles. The monoisotopic (exact) mass is 176 g/mol. The van der Waals surface area contributed by atoms with E-state index in [2.05, 4.69) is 38.1 Å². The third-order valence-electron chi connectivity index (χ3n) is 2.53. The van der Waals surface area contributed by atoms with Crippen molar-refractivity contribution < 1.29 is 4.74 Å². The Morgan fingerprint density at radius 1 is 1.38 bits per heavy atom. The minimum Gasteiger partial charge on any atom is -0.373 e. The fourth-order valence-electron chi connectivity index (χ4n) is 1.71. The first-order chi connectivity index (χ1) is 6.27. The number of hydrogen-bond donors (Lipinski definition) is 0. The Bertz CT molecular complexity index is 287. The maximum Gasteiger partial charge on any atom is 0.0850 e. The van der Waals surface area contributed by atoms with Crippen LogP contribution in [0.2, 0.25) is 0 Å². The molecule has 13 heavy (non-hydrogen) atoms. The molecule has 0 aromatic heterocycles. The van der Waals surface area contributed by atoms with E-state index in [0.29, 0.717) is 12.0 Å².